The minimum absolute atomic E-state index is 0.290. The van der Waals surface area contributed by atoms with E-state index in [4.69, 9.17) is 0 Å². The van der Waals surface area contributed by atoms with Crippen molar-refractivity contribution >= 4 is 10.9 Å². The van der Waals surface area contributed by atoms with Crippen LogP contribution < -0.4 is 0 Å². The minimum atomic E-state index is 0.290. The summed E-state index contributed by atoms with van der Waals surface area (Å²) in [7, 11) is 0. The average molecular weight is 223 g/mol. The van der Waals surface area contributed by atoms with Gasteiger partial charge in [-0.3, -0.25) is 0 Å². The zero-order chi connectivity index (χ0) is 11.8. The number of hydrogen-bond donors (Lipinski definition) is 2. The summed E-state index contributed by atoms with van der Waals surface area (Å²) in [4.78, 5) is 3.31. The zero-order valence-electron chi connectivity index (χ0n) is 9.57. The van der Waals surface area contributed by atoms with Crippen LogP contribution in [0.5, 0.6) is 5.75 Å². The quantitative estimate of drug-likeness (QED) is 0.645. The third kappa shape index (κ3) is 1.58. The zero-order valence-corrected chi connectivity index (χ0v) is 9.57. The van der Waals surface area contributed by atoms with Gasteiger partial charge in [-0.25, -0.2) is 0 Å². The molecule has 0 spiro atoms. The fraction of sp³-hybridized carbons (Fsp3) is 0.0667. The lowest BCUT2D eigenvalue weighted by Crippen LogP contribution is -1.78. The molecule has 0 atom stereocenters. The summed E-state index contributed by atoms with van der Waals surface area (Å²) in [6.07, 6.45) is 0. The first-order valence-corrected chi connectivity index (χ1v) is 5.62. The van der Waals surface area contributed by atoms with Crippen molar-refractivity contribution in [1.29, 1.82) is 0 Å². The molecule has 0 unspecified atom stereocenters. The molecule has 2 heteroatoms. The molecule has 2 N–H and O–H groups in total. The second-order valence-corrected chi connectivity index (χ2v) is 4.22. The molecule has 0 amide bonds. The fourth-order valence-electron chi connectivity index (χ4n) is 2.30. The molecule has 0 bridgehead atoms. The van der Waals surface area contributed by atoms with Crippen molar-refractivity contribution < 1.29 is 5.11 Å². The van der Waals surface area contributed by atoms with E-state index < -0.39 is 0 Å². The van der Waals surface area contributed by atoms with Crippen LogP contribution in [0, 0.1) is 6.92 Å². The summed E-state index contributed by atoms with van der Waals surface area (Å²) in [5.74, 6) is 0.290. The normalized spacial score (nSPS) is 10.9. The number of hydrogen-bond acceptors (Lipinski definition) is 1. The number of rotatable bonds is 1. The molecule has 0 aliphatic rings. The Labute approximate surface area is 99.5 Å². The van der Waals surface area contributed by atoms with E-state index in [2.05, 4.69) is 24.0 Å². The van der Waals surface area contributed by atoms with E-state index in [9.17, 15) is 5.11 Å². The topological polar surface area (TPSA) is 36.0 Å². The molecule has 0 saturated heterocycles. The number of aromatic hydroxyl groups is 1. The maximum absolute atomic E-state index is 9.48. The summed E-state index contributed by atoms with van der Waals surface area (Å²) in [5, 5.41) is 10.6. The number of fused-ring (bicyclic) bond motifs is 1. The monoisotopic (exact) mass is 223 g/mol. The highest BCUT2D eigenvalue weighted by molar-refractivity contribution is 5.97. The van der Waals surface area contributed by atoms with Crippen LogP contribution in [0.1, 0.15) is 5.69 Å². The predicted octanol–water partition coefficient (Wildman–Crippen LogP) is 3.85. The molecule has 1 heterocycles. The van der Waals surface area contributed by atoms with E-state index in [-0.39, 0.29) is 0 Å². The lowest BCUT2D eigenvalue weighted by molar-refractivity contribution is 0.476. The van der Waals surface area contributed by atoms with E-state index in [1.807, 2.05) is 24.3 Å². The lowest BCUT2D eigenvalue weighted by atomic mass is 10.0. The van der Waals surface area contributed by atoms with Crippen LogP contribution in [0.3, 0.4) is 0 Å². The molecule has 0 aliphatic heterocycles. The Morgan fingerprint density at radius 2 is 1.76 bits per heavy atom. The molecule has 1 aromatic heterocycles. The second-order valence-electron chi connectivity index (χ2n) is 4.22. The summed E-state index contributed by atoms with van der Waals surface area (Å²) < 4.78 is 0. The van der Waals surface area contributed by atoms with Gasteiger partial charge in [0, 0.05) is 28.2 Å². The highest BCUT2D eigenvalue weighted by Crippen LogP contribution is 2.33. The Balaban J connectivity index is 2.33. The van der Waals surface area contributed by atoms with Crippen molar-refractivity contribution in [3.8, 4) is 16.9 Å². The Morgan fingerprint density at radius 3 is 2.53 bits per heavy atom. The van der Waals surface area contributed by atoms with Gasteiger partial charge in [-0.2, -0.15) is 0 Å². The van der Waals surface area contributed by atoms with Crippen molar-refractivity contribution in [1.82, 2.24) is 4.98 Å². The summed E-state index contributed by atoms with van der Waals surface area (Å²) in [6.45, 7) is 2.05. The summed E-state index contributed by atoms with van der Waals surface area (Å²) in [6, 6.07) is 15.7. The molecule has 84 valence electrons. The molecule has 0 saturated carbocycles. The number of nitrogens with one attached hydrogen (secondary N) is 1. The number of aryl methyl sites for hydroxylation is 1. The molecule has 3 aromatic rings. The maximum atomic E-state index is 9.48. The number of H-pyrrole nitrogens is 1. The van der Waals surface area contributed by atoms with Gasteiger partial charge in [0.2, 0.25) is 0 Å². The van der Waals surface area contributed by atoms with Crippen LogP contribution in [0.2, 0.25) is 0 Å². The number of phenols is 1. The van der Waals surface area contributed by atoms with E-state index in [1.54, 1.807) is 12.1 Å². The van der Waals surface area contributed by atoms with Crippen molar-refractivity contribution in [2.24, 2.45) is 0 Å². The molecule has 2 aromatic carbocycles. The Morgan fingerprint density at radius 1 is 1.00 bits per heavy atom. The van der Waals surface area contributed by atoms with Gasteiger partial charge in [0.05, 0.1) is 0 Å². The van der Waals surface area contributed by atoms with Crippen LogP contribution in [0.15, 0.2) is 48.5 Å². The van der Waals surface area contributed by atoms with Crippen LogP contribution in [-0.2, 0) is 0 Å². The number of phenolic OH excluding ortho intramolecular Hbond substituents is 1. The Bertz CT molecular complexity index is 668. The largest absolute Gasteiger partial charge is 0.508 e. The number of aromatic nitrogens is 1. The SMILES string of the molecule is Cc1[nH]c2cc(O)ccc2c1-c1ccccc1. The van der Waals surface area contributed by atoms with Crippen LogP contribution in [-0.4, -0.2) is 10.1 Å². The van der Waals surface area contributed by atoms with E-state index in [1.165, 1.54) is 11.1 Å². The van der Waals surface area contributed by atoms with Crippen molar-refractivity contribution in [3.05, 3.63) is 54.2 Å². The van der Waals surface area contributed by atoms with Gasteiger partial charge in [-0.15, -0.1) is 0 Å². The number of benzene rings is 2. The average Bonchev–Trinajstić information content (AvgIpc) is 2.65. The molecular formula is C15H13NO. The van der Waals surface area contributed by atoms with Gasteiger partial charge < -0.3 is 10.1 Å². The molecule has 0 aliphatic carbocycles. The fourth-order valence-corrected chi connectivity index (χ4v) is 2.30. The highest BCUT2D eigenvalue weighted by atomic mass is 16.3. The van der Waals surface area contributed by atoms with Crippen molar-refractivity contribution in [2.75, 3.05) is 0 Å². The third-order valence-electron chi connectivity index (χ3n) is 3.03. The first kappa shape index (κ1) is 9.97. The molecule has 17 heavy (non-hydrogen) atoms. The third-order valence-corrected chi connectivity index (χ3v) is 3.03. The second kappa shape index (κ2) is 3.67. The van der Waals surface area contributed by atoms with E-state index >= 15 is 0 Å². The Hall–Kier alpha value is -2.22. The van der Waals surface area contributed by atoms with Crippen LogP contribution in [0.25, 0.3) is 22.0 Å². The van der Waals surface area contributed by atoms with Crippen LogP contribution in [0.4, 0.5) is 0 Å². The van der Waals surface area contributed by atoms with Gasteiger partial charge in [0.15, 0.2) is 0 Å². The van der Waals surface area contributed by atoms with E-state index in [0.717, 1.165) is 16.6 Å². The minimum Gasteiger partial charge on any atom is -0.508 e. The van der Waals surface area contributed by atoms with Gasteiger partial charge >= 0.3 is 0 Å². The molecular weight excluding hydrogens is 210 g/mol. The van der Waals surface area contributed by atoms with Gasteiger partial charge in [-0.1, -0.05) is 30.3 Å². The standard InChI is InChI=1S/C15H13NO/c1-10-15(11-5-3-2-4-6-11)13-8-7-12(17)9-14(13)16-10/h2-9,16-17H,1H3. The van der Waals surface area contributed by atoms with Crippen LogP contribution >= 0.6 is 0 Å². The van der Waals surface area contributed by atoms with Gasteiger partial charge in [0.1, 0.15) is 5.75 Å². The van der Waals surface area contributed by atoms with Gasteiger partial charge in [0.25, 0.3) is 0 Å². The smallest absolute Gasteiger partial charge is 0.117 e. The summed E-state index contributed by atoms with van der Waals surface area (Å²) >= 11 is 0. The first-order chi connectivity index (χ1) is 8.25. The predicted molar refractivity (Wildman–Crippen MR) is 70.1 cm³/mol. The maximum Gasteiger partial charge on any atom is 0.117 e. The van der Waals surface area contributed by atoms with E-state index in [0.29, 0.717) is 5.75 Å². The Kier molecular flexibility index (Phi) is 2.15. The molecule has 2 nitrogen and oxygen atoms in total. The first-order valence-electron chi connectivity index (χ1n) is 5.62. The van der Waals surface area contributed by atoms with Gasteiger partial charge in [-0.05, 0) is 24.6 Å². The molecule has 3 rings (SSSR count). The molecule has 0 fully saturated rings. The lowest BCUT2D eigenvalue weighted by Gasteiger charge is -2.01. The van der Waals surface area contributed by atoms with Crippen molar-refractivity contribution in [3.63, 3.8) is 0 Å². The summed E-state index contributed by atoms with van der Waals surface area (Å²) in [5.41, 5.74) is 4.50. The number of aromatic amines is 1. The highest BCUT2D eigenvalue weighted by Gasteiger charge is 2.10. The molecule has 0 radical (unpaired) electrons. The van der Waals surface area contributed by atoms with Crippen molar-refractivity contribution in [2.45, 2.75) is 6.92 Å².